The van der Waals surface area contributed by atoms with Crippen molar-refractivity contribution < 1.29 is 17.5 Å². The number of nitrogens with zero attached hydrogens (tertiary/aromatic N) is 3. The van der Waals surface area contributed by atoms with Crippen LogP contribution in [0.2, 0.25) is 0 Å². The first-order valence-electron chi connectivity index (χ1n) is 6.90. The fourth-order valence-electron chi connectivity index (χ4n) is 2.85. The van der Waals surface area contributed by atoms with Gasteiger partial charge >= 0.3 is 0 Å². The predicted molar refractivity (Wildman–Crippen MR) is 78.1 cm³/mol. The number of pyridine rings is 1. The van der Waals surface area contributed by atoms with Gasteiger partial charge in [-0.1, -0.05) is 0 Å². The minimum Gasteiger partial charge on any atom is -0.273 e. The normalized spacial score (nSPS) is 26.0. The van der Waals surface area contributed by atoms with Crippen molar-refractivity contribution in [2.75, 3.05) is 12.8 Å². The number of hydrogen-bond donors (Lipinski definition) is 1. The van der Waals surface area contributed by atoms with E-state index in [1.807, 2.05) is 0 Å². The Morgan fingerprint density at radius 2 is 2.09 bits per heavy atom. The van der Waals surface area contributed by atoms with Gasteiger partial charge in [0.15, 0.2) is 0 Å². The molecule has 0 spiro atoms. The van der Waals surface area contributed by atoms with Crippen molar-refractivity contribution in [3.8, 4) is 0 Å². The van der Waals surface area contributed by atoms with E-state index < -0.39 is 22.1 Å². The highest BCUT2D eigenvalue weighted by molar-refractivity contribution is 7.85. The molecule has 0 saturated carbocycles. The molecule has 0 radical (unpaired) electrons. The molecule has 0 aromatic carbocycles. The summed E-state index contributed by atoms with van der Waals surface area (Å²) in [5.74, 6) is -0.610. The lowest BCUT2D eigenvalue weighted by Crippen LogP contribution is -2.57. The van der Waals surface area contributed by atoms with Gasteiger partial charge in [0.1, 0.15) is 0 Å². The maximum Gasteiger partial charge on any atom is 0.280 e. The van der Waals surface area contributed by atoms with Gasteiger partial charge in [-0.15, -0.1) is 0 Å². The maximum atomic E-state index is 12.1. The Balaban J connectivity index is 2.00. The smallest absolute Gasteiger partial charge is 0.273 e. The van der Waals surface area contributed by atoms with E-state index in [9.17, 15) is 13.2 Å². The Labute approximate surface area is 128 Å². The zero-order valence-electron chi connectivity index (χ0n) is 12.0. The van der Waals surface area contributed by atoms with Crippen LogP contribution in [0.25, 0.3) is 0 Å². The Bertz CT molecular complexity index is 704. The lowest BCUT2D eigenvalue weighted by atomic mass is 9.84. The van der Waals surface area contributed by atoms with Crippen molar-refractivity contribution in [1.29, 1.82) is 0 Å². The van der Waals surface area contributed by atoms with E-state index in [1.165, 1.54) is 5.06 Å². The molecule has 1 fully saturated rings. The summed E-state index contributed by atoms with van der Waals surface area (Å²) in [5.41, 5.74) is 3.86. The molecule has 3 rings (SSSR count). The summed E-state index contributed by atoms with van der Waals surface area (Å²) in [6, 6.07) is 3.00. The van der Waals surface area contributed by atoms with Gasteiger partial charge < -0.3 is 0 Å². The highest BCUT2D eigenvalue weighted by Gasteiger charge is 2.44. The number of fused-ring (bicyclic) bond motifs is 1. The number of carbonyl (C=O) groups excluding carboxylic acids is 1. The molecule has 8 nitrogen and oxygen atoms in total. The average Bonchev–Trinajstić information content (AvgIpc) is 2.48. The lowest BCUT2D eigenvalue weighted by molar-refractivity contribution is -0.142. The molecule has 1 N–H and O–H groups in total. The number of rotatable bonds is 3. The van der Waals surface area contributed by atoms with Crippen LogP contribution in [0.4, 0.5) is 0 Å². The molecule has 2 aliphatic heterocycles. The number of hydrogen-bond acceptors (Lipinski definition) is 7. The summed E-state index contributed by atoms with van der Waals surface area (Å²) >= 11 is 0. The minimum atomic E-state index is -3.67. The molecular formula is C13H16N4O4S. The van der Waals surface area contributed by atoms with E-state index in [4.69, 9.17) is 4.28 Å². The first-order chi connectivity index (χ1) is 10.5. The van der Waals surface area contributed by atoms with Crippen molar-refractivity contribution >= 4 is 21.7 Å². The van der Waals surface area contributed by atoms with Crippen LogP contribution in [0.15, 0.2) is 29.6 Å². The van der Waals surface area contributed by atoms with Crippen LogP contribution >= 0.6 is 0 Å². The van der Waals surface area contributed by atoms with Gasteiger partial charge in [-0.25, -0.2) is 5.43 Å². The van der Waals surface area contributed by atoms with E-state index in [1.54, 1.807) is 24.5 Å². The number of piperidine rings is 1. The van der Waals surface area contributed by atoms with Crippen LogP contribution in [0.3, 0.4) is 0 Å². The third-order valence-corrected chi connectivity index (χ3v) is 4.16. The third kappa shape index (κ3) is 3.01. The molecule has 3 heterocycles. The Kier molecular flexibility index (Phi) is 3.94. The molecule has 1 aromatic heterocycles. The molecular weight excluding hydrogens is 308 g/mol. The molecule has 1 amide bonds. The fraction of sp³-hybridized carbons (Fsp3) is 0.462. The second-order valence-electron chi connectivity index (χ2n) is 5.32. The number of hydroxylamine groups is 2. The SMILES string of the molecule is CS(=O)(=O)ON1CCCC2C(=O)NN=C(c3ccncc3)C21. The van der Waals surface area contributed by atoms with E-state index in [0.29, 0.717) is 25.1 Å². The molecule has 118 valence electrons. The van der Waals surface area contributed by atoms with Gasteiger partial charge in [-0.05, 0) is 25.0 Å². The molecule has 9 heteroatoms. The van der Waals surface area contributed by atoms with Gasteiger partial charge in [0.2, 0.25) is 5.91 Å². The molecule has 2 aliphatic rings. The topological polar surface area (TPSA) is 101 Å². The van der Waals surface area contributed by atoms with E-state index in [-0.39, 0.29) is 5.91 Å². The van der Waals surface area contributed by atoms with Crippen LogP contribution in [-0.4, -0.2) is 48.9 Å². The van der Waals surface area contributed by atoms with Gasteiger partial charge in [-0.2, -0.15) is 22.9 Å². The standard InChI is InChI=1S/C13H16N4O4S/c1-22(19,20)21-17-8-2-3-10-12(17)11(15-16-13(10)18)9-4-6-14-7-5-9/h4-7,10,12H,2-3,8H2,1H3,(H,16,18). The van der Waals surface area contributed by atoms with E-state index in [0.717, 1.165) is 11.8 Å². The Hall–Kier alpha value is -1.84. The molecule has 22 heavy (non-hydrogen) atoms. The molecule has 2 unspecified atom stereocenters. The summed E-state index contributed by atoms with van der Waals surface area (Å²) in [4.78, 5) is 16.0. The number of carbonyl (C=O) groups is 1. The van der Waals surface area contributed by atoms with Gasteiger partial charge in [0, 0.05) is 24.5 Å². The number of hydrazone groups is 1. The summed E-state index contributed by atoms with van der Waals surface area (Å²) in [6.45, 7) is 0.422. The highest BCUT2D eigenvalue weighted by Crippen LogP contribution is 2.30. The zero-order valence-corrected chi connectivity index (χ0v) is 12.8. The Morgan fingerprint density at radius 1 is 1.36 bits per heavy atom. The predicted octanol–water partition coefficient (Wildman–Crippen LogP) is -0.113. The minimum absolute atomic E-state index is 0.218. The van der Waals surface area contributed by atoms with Crippen LogP contribution in [-0.2, 0) is 19.2 Å². The van der Waals surface area contributed by atoms with Gasteiger partial charge in [0.05, 0.1) is 23.9 Å². The molecule has 1 saturated heterocycles. The molecule has 0 bridgehead atoms. The van der Waals surface area contributed by atoms with Crippen molar-refractivity contribution in [2.24, 2.45) is 11.0 Å². The maximum absolute atomic E-state index is 12.1. The van der Waals surface area contributed by atoms with Crippen molar-refractivity contribution in [2.45, 2.75) is 18.9 Å². The number of amides is 1. The quantitative estimate of drug-likeness (QED) is 0.832. The highest BCUT2D eigenvalue weighted by atomic mass is 32.2. The average molecular weight is 324 g/mol. The third-order valence-electron chi connectivity index (χ3n) is 3.70. The largest absolute Gasteiger partial charge is 0.280 e. The molecule has 1 aromatic rings. The van der Waals surface area contributed by atoms with Gasteiger partial charge in [-0.3, -0.25) is 9.78 Å². The first kappa shape index (κ1) is 15.1. The van der Waals surface area contributed by atoms with Crippen LogP contribution < -0.4 is 5.43 Å². The van der Waals surface area contributed by atoms with Gasteiger partial charge in [0.25, 0.3) is 10.1 Å². The monoisotopic (exact) mass is 324 g/mol. The van der Waals surface area contributed by atoms with Crippen LogP contribution in [0, 0.1) is 5.92 Å². The zero-order chi connectivity index (χ0) is 15.7. The van der Waals surface area contributed by atoms with Crippen LogP contribution in [0.5, 0.6) is 0 Å². The number of aromatic nitrogens is 1. The Morgan fingerprint density at radius 3 is 2.77 bits per heavy atom. The van der Waals surface area contributed by atoms with E-state index >= 15 is 0 Å². The summed E-state index contributed by atoms with van der Waals surface area (Å²) in [7, 11) is -3.67. The summed E-state index contributed by atoms with van der Waals surface area (Å²) in [6.07, 6.45) is 5.56. The van der Waals surface area contributed by atoms with Crippen LogP contribution in [0.1, 0.15) is 18.4 Å². The first-order valence-corrected chi connectivity index (χ1v) is 8.71. The molecule has 0 aliphatic carbocycles. The second-order valence-corrected chi connectivity index (χ2v) is 6.88. The van der Waals surface area contributed by atoms with E-state index in [2.05, 4.69) is 15.5 Å². The molecule has 2 atom stereocenters. The lowest BCUT2D eigenvalue weighted by Gasteiger charge is -2.40. The second kappa shape index (κ2) is 5.75. The summed E-state index contributed by atoms with van der Waals surface area (Å²) < 4.78 is 28.0. The van der Waals surface area contributed by atoms with Crippen molar-refractivity contribution in [3.63, 3.8) is 0 Å². The number of nitrogens with one attached hydrogen (secondary N) is 1. The fourth-order valence-corrected chi connectivity index (χ4v) is 3.36. The van der Waals surface area contributed by atoms with Crippen molar-refractivity contribution in [1.82, 2.24) is 15.5 Å². The van der Waals surface area contributed by atoms with Crippen molar-refractivity contribution in [3.05, 3.63) is 30.1 Å². The summed E-state index contributed by atoms with van der Waals surface area (Å²) in [5, 5.41) is 5.47.